The summed E-state index contributed by atoms with van der Waals surface area (Å²) in [4.78, 5) is 9.55. The molecule has 3 nitrogen and oxygen atoms in total. The second-order valence-corrected chi connectivity index (χ2v) is 4.41. The van der Waals surface area contributed by atoms with Gasteiger partial charge in [-0.1, -0.05) is 23.9 Å². The molecule has 1 aromatic carbocycles. The van der Waals surface area contributed by atoms with Crippen molar-refractivity contribution < 1.29 is 5.11 Å². The fourth-order valence-corrected chi connectivity index (χ4v) is 2.08. The summed E-state index contributed by atoms with van der Waals surface area (Å²) in [5, 5.41) is 9.85. The number of nitrogens with zero attached hydrogens (tertiary/aromatic N) is 2. The van der Waals surface area contributed by atoms with Crippen LogP contribution in [0.2, 0.25) is 0 Å². The average molecular weight is 232 g/mol. The lowest BCUT2D eigenvalue weighted by Crippen LogP contribution is -1.88. The van der Waals surface area contributed by atoms with Crippen molar-refractivity contribution in [3.63, 3.8) is 0 Å². The Labute approximate surface area is 98.6 Å². The second kappa shape index (κ2) is 5.09. The molecule has 2 aromatic rings. The summed E-state index contributed by atoms with van der Waals surface area (Å²) in [6.07, 6.45) is 3.38. The van der Waals surface area contributed by atoms with Gasteiger partial charge < -0.3 is 5.11 Å². The molecule has 2 rings (SSSR count). The Kier molecular flexibility index (Phi) is 3.54. The Hall–Kier alpha value is -1.39. The summed E-state index contributed by atoms with van der Waals surface area (Å²) in [6, 6.07) is 7.77. The van der Waals surface area contributed by atoms with Crippen LogP contribution < -0.4 is 0 Å². The average Bonchev–Trinajstić information content (AvgIpc) is 2.33. The van der Waals surface area contributed by atoms with Crippen LogP contribution in [0.15, 0.2) is 46.6 Å². The summed E-state index contributed by atoms with van der Waals surface area (Å²) < 4.78 is 0. The molecule has 1 heterocycles. The molecule has 0 radical (unpaired) electrons. The third-order valence-electron chi connectivity index (χ3n) is 2.16. The number of aliphatic hydroxyl groups is 1. The van der Waals surface area contributed by atoms with E-state index >= 15 is 0 Å². The molecule has 4 heteroatoms. The van der Waals surface area contributed by atoms with Gasteiger partial charge in [-0.05, 0) is 24.6 Å². The number of rotatable bonds is 3. The highest BCUT2D eigenvalue weighted by atomic mass is 32.2. The predicted molar refractivity (Wildman–Crippen MR) is 63.3 cm³/mol. The van der Waals surface area contributed by atoms with Gasteiger partial charge in [-0.15, -0.1) is 0 Å². The first-order valence-electron chi connectivity index (χ1n) is 4.95. The van der Waals surface area contributed by atoms with Gasteiger partial charge in [0.25, 0.3) is 0 Å². The van der Waals surface area contributed by atoms with Crippen LogP contribution in [-0.4, -0.2) is 15.1 Å². The van der Waals surface area contributed by atoms with E-state index in [2.05, 4.69) is 9.97 Å². The smallest absolute Gasteiger partial charge is 0.122 e. The van der Waals surface area contributed by atoms with Gasteiger partial charge in [0.2, 0.25) is 0 Å². The Morgan fingerprint density at radius 2 is 1.81 bits per heavy atom. The van der Waals surface area contributed by atoms with Gasteiger partial charge >= 0.3 is 0 Å². The van der Waals surface area contributed by atoms with Gasteiger partial charge in [0.15, 0.2) is 0 Å². The monoisotopic (exact) mass is 232 g/mol. The Bertz CT molecular complexity index is 471. The standard InChI is InChI=1S/C12H12N2OS/c1-9-12(14-7-6-13-9)16-11-4-2-10(8-15)3-5-11/h2-7,15H,8H2,1H3. The van der Waals surface area contributed by atoms with Crippen molar-refractivity contribution in [3.8, 4) is 0 Å². The minimum absolute atomic E-state index is 0.0785. The number of benzene rings is 1. The highest BCUT2D eigenvalue weighted by Gasteiger charge is 2.02. The molecule has 0 bridgehead atoms. The molecule has 0 aliphatic heterocycles. The number of hydrogen-bond acceptors (Lipinski definition) is 4. The molecule has 16 heavy (non-hydrogen) atoms. The number of aryl methyl sites for hydroxylation is 1. The zero-order chi connectivity index (χ0) is 11.4. The lowest BCUT2D eigenvalue weighted by atomic mass is 10.2. The molecule has 0 unspecified atom stereocenters. The Balaban J connectivity index is 2.18. The minimum Gasteiger partial charge on any atom is -0.392 e. The fourth-order valence-electron chi connectivity index (χ4n) is 1.27. The van der Waals surface area contributed by atoms with Gasteiger partial charge in [0.1, 0.15) is 5.03 Å². The van der Waals surface area contributed by atoms with Crippen molar-refractivity contribution in [2.24, 2.45) is 0 Å². The zero-order valence-electron chi connectivity index (χ0n) is 8.92. The molecular formula is C12H12N2OS. The molecule has 1 aromatic heterocycles. The molecule has 0 saturated heterocycles. The quantitative estimate of drug-likeness (QED) is 0.882. The third kappa shape index (κ3) is 2.59. The molecule has 0 spiro atoms. The van der Waals surface area contributed by atoms with Gasteiger partial charge in [-0.3, -0.25) is 4.98 Å². The van der Waals surface area contributed by atoms with E-state index < -0.39 is 0 Å². The van der Waals surface area contributed by atoms with Crippen molar-refractivity contribution in [1.29, 1.82) is 0 Å². The van der Waals surface area contributed by atoms with Gasteiger partial charge in [-0.25, -0.2) is 4.98 Å². The maximum absolute atomic E-state index is 8.93. The summed E-state index contributed by atoms with van der Waals surface area (Å²) in [5.74, 6) is 0. The van der Waals surface area contributed by atoms with Crippen LogP contribution in [0, 0.1) is 6.92 Å². The number of hydrogen-bond donors (Lipinski definition) is 1. The van der Waals surface area contributed by atoms with E-state index in [4.69, 9.17) is 5.11 Å². The molecule has 0 amide bonds. The van der Waals surface area contributed by atoms with Crippen LogP contribution in [-0.2, 0) is 6.61 Å². The van der Waals surface area contributed by atoms with Crippen molar-refractivity contribution in [3.05, 3.63) is 47.9 Å². The lowest BCUT2D eigenvalue weighted by molar-refractivity contribution is 0.282. The number of aliphatic hydroxyl groups excluding tert-OH is 1. The predicted octanol–water partition coefficient (Wildman–Crippen LogP) is 2.43. The van der Waals surface area contributed by atoms with Crippen LogP contribution in [0.1, 0.15) is 11.3 Å². The zero-order valence-corrected chi connectivity index (χ0v) is 9.74. The molecule has 82 valence electrons. The molecular weight excluding hydrogens is 220 g/mol. The fraction of sp³-hybridized carbons (Fsp3) is 0.167. The van der Waals surface area contributed by atoms with Crippen molar-refractivity contribution in [2.45, 2.75) is 23.5 Å². The van der Waals surface area contributed by atoms with Gasteiger partial charge in [0, 0.05) is 17.3 Å². The molecule has 0 aliphatic carbocycles. The van der Waals surface area contributed by atoms with E-state index in [1.165, 1.54) is 0 Å². The first-order chi connectivity index (χ1) is 7.79. The van der Waals surface area contributed by atoms with Crippen molar-refractivity contribution in [1.82, 2.24) is 9.97 Å². The molecule has 1 N–H and O–H groups in total. The Morgan fingerprint density at radius 1 is 1.12 bits per heavy atom. The Morgan fingerprint density at radius 3 is 2.44 bits per heavy atom. The number of aromatic nitrogens is 2. The largest absolute Gasteiger partial charge is 0.392 e. The van der Waals surface area contributed by atoms with Crippen molar-refractivity contribution >= 4 is 11.8 Å². The summed E-state index contributed by atoms with van der Waals surface area (Å²) >= 11 is 1.58. The first kappa shape index (κ1) is 11.1. The highest BCUT2D eigenvalue weighted by molar-refractivity contribution is 7.99. The highest BCUT2D eigenvalue weighted by Crippen LogP contribution is 2.27. The van der Waals surface area contributed by atoms with Crippen LogP contribution in [0.4, 0.5) is 0 Å². The molecule has 0 fully saturated rings. The minimum atomic E-state index is 0.0785. The lowest BCUT2D eigenvalue weighted by Gasteiger charge is -2.03. The van der Waals surface area contributed by atoms with E-state index in [9.17, 15) is 0 Å². The molecule has 0 atom stereocenters. The normalized spacial score (nSPS) is 10.4. The van der Waals surface area contributed by atoms with Crippen LogP contribution in [0.3, 0.4) is 0 Å². The van der Waals surface area contributed by atoms with Crippen LogP contribution in [0.25, 0.3) is 0 Å². The van der Waals surface area contributed by atoms with Crippen LogP contribution >= 0.6 is 11.8 Å². The maximum atomic E-state index is 8.93. The van der Waals surface area contributed by atoms with Gasteiger partial charge in [0.05, 0.1) is 12.3 Å². The maximum Gasteiger partial charge on any atom is 0.122 e. The third-order valence-corrected chi connectivity index (χ3v) is 3.26. The van der Waals surface area contributed by atoms with Crippen LogP contribution in [0.5, 0.6) is 0 Å². The molecule has 0 saturated carbocycles. The summed E-state index contributed by atoms with van der Waals surface area (Å²) in [5.41, 5.74) is 1.85. The van der Waals surface area contributed by atoms with Crippen molar-refractivity contribution in [2.75, 3.05) is 0 Å². The van der Waals surface area contributed by atoms with E-state index in [-0.39, 0.29) is 6.61 Å². The molecule has 0 aliphatic rings. The SMILES string of the molecule is Cc1nccnc1Sc1ccc(CO)cc1. The van der Waals surface area contributed by atoms with E-state index in [1.54, 1.807) is 24.2 Å². The summed E-state index contributed by atoms with van der Waals surface area (Å²) in [7, 11) is 0. The topological polar surface area (TPSA) is 46.0 Å². The first-order valence-corrected chi connectivity index (χ1v) is 5.76. The van der Waals surface area contributed by atoms with Gasteiger partial charge in [-0.2, -0.15) is 0 Å². The van der Waals surface area contributed by atoms with E-state index in [0.29, 0.717) is 0 Å². The second-order valence-electron chi connectivity index (χ2n) is 3.35. The summed E-state index contributed by atoms with van der Waals surface area (Å²) in [6.45, 7) is 2.02. The van der Waals surface area contributed by atoms with E-state index in [0.717, 1.165) is 21.2 Å². The van der Waals surface area contributed by atoms with E-state index in [1.807, 2.05) is 31.2 Å².